The summed E-state index contributed by atoms with van der Waals surface area (Å²) in [4.78, 5) is 37.5. The number of carbonyl (C=O) groups excluding carboxylic acids is 1. The van der Waals surface area contributed by atoms with Gasteiger partial charge >= 0.3 is 12.1 Å². The van der Waals surface area contributed by atoms with Crippen LogP contribution in [-0.4, -0.2) is 49.3 Å². The van der Waals surface area contributed by atoms with Crippen LogP contribution < -0.4 is 0 Å². The number of Topliss-reactive ketones (excluding diaryl/α,β-unsaturated/α-hetero) is 1. The number of hydrogen-bond acceptors (Lipinski definition) is 4. The van der Waals surface area contributed by atoms with E-state index < -0.39 is 30.3 Å². The highest BCUT2D eigenvalue weighted by Gasteiger charge is 2.40. The fourth-order valence-corrected chi connectivity index (χ4v) is 3.90. The third kappa shape index (κ3) is 3.75. The lowest BCUT2D eigenvalue weighted by Crippen LogP contribution is -2.37. The molecule has 0 aliphatic carbocycles. The molecule has 4 rings (SSSR count). The molecule has 10 heteroatoms. The third-order valence-corrected chi connectivity index (χ3v) is 5.62. The van der Waals surface area contributed by atoms with Crippen LogP contribution in [0.5, 0.6) is 0 Å². The van der Waals surface area contributed by atoms with Gasteiger partial charge in [0, 0.05) is 22.7 Å². The Bertz CT molecular complexity index is 1210. The average molecular weight is 460 g/mol. The highest BCUT2D eigenvalue weighted by atomic mass is 35.5. The molecular weight excluding hydrogens is 445 g/mol. The number of amides is 1. The summed E-state index contributed by atoms with van der Waals surface area (Å²) in [6, 6.07) is 13.6. The lowest BCUT2D eigenvalue weighted by Gasteiger charge is -2.20. The standard InChI is InChI=1S/C21H15Cl2N3O5/c22-12-7-5-11(6-8-12)18-13-9-25(21(30)31)10-14(20(28)29)19(27)17(13)24-26(18)16-4-2-1-3-15(16)23/h1-8,14H,9-10H2,(H,28,29)(H,30,31). The quantitative estimate of drug-likeness (QED) is 0.566. The molecule has 1 aliphatic heterocycles. The second-order valence-corrected chi connectivity index (χ2v) is 7.81. The number of halogens is 2. The second-order valence-electron chi connectivity index (χ2n) is 6.96. The van der Waals surface area contributed by atoms with Gasteiger partial charge in [0.1, 0.15) is 11.6 Å². The third-order valence-electron chi connectivity index (χ3n) is 5.05. The first-order valence-corrected chi connectivity index (χ1v) is 9.91. The van der Waals surface area contributed by atoms with Gasteiger partial charge in [-0.3, -0.25) is 9.59 Å². The van der Waals surface area contributed by atoms with Gasteiger partial charge in [0.25, 0.3) is 0 Å². The zero-order valence-corrected chi connectivity index (χ0v) is 17.3. The minimum absolute atomic E-state index is 0.0963. The van der Waals surface area contributed by atoms with Crippen molar-refractivity contribution in [3.63, 3.8) is 0 Å². The average Bonchev–Trinajstić information content (AvgIpc) is 3.02. The van der Waals surface area contributed by atoms with E-state index >= 15 is 0 Å². The maximum atomic E-state index is 13.1. The van der Waals surface area contributed by atoms with E-state index in [-0.39, 0.29) is 12.2 Å². The Labute approximate surface area is 186 Å². The maximum Gasteiger partial charge on any atom is 0.407 e. The summed E-state index contributed by atoms with van der Waals surface area (Å²) < 4.78 is 1.44. The summed E-state index contributed by atoms with van der Waals surface area (Å²) in [7, 11) is 0. The molecule has 0 spiro atoms. The van der Waals surface area contributed by atoms with Crippen molar-refractivity contribution in [2.24, 2.45) is 5.92 Å². The van der Waals surface area contributed by atoms with E-state index in [1.165, 1.54) is 4.68 Å². The van der Waals surface area contributed by atoms with Gasteiger partial charge in [-0.2, -0.15) is 5.10 Å². The Kier molecular flexibility index (Phi) is 5.43. The number of carboxylic acid groups (broad SMARTS) is 2. The molecule has 1 unspecified atom stereocenters. The van der Waals surface area contributed by atoms with Crippen molar-refractivity contribution in [2.45, 2.75) is 6.54 Å². The van der Waals surface area contributed by atoms with Crippen molar-refractivity contribution in [2.75, 3.05) is 6.54 Å². The molecule has 0 radical (unpaired) electrons. The smallest absolute Gasteiger partial charge is 0.407 e. The van der Waals surface area contributed by atoms with Crippen LogP contribution in [0, 0.1) is 5.92 Å². The van der Waals surface area contributed by atoms with Crippen LogP contribution in [0.2, 0.25) is 10.0 Å². The normalized spacial score (nSPS) is 16.0. The molecule has 3 aromatic rings. The molecule has 1 aromatic heterocycles. The second kappa shape index (κ2) is 8.05. The van der Waals surface area contributed by atoms with Gasteiger partial charge in [0.2, 0.25) is 0 Å². The van der Waals surface area contributed by atoms with Gasteiger partial charge < -0.3 is 15.1 Å². The SMILES string of the molecule is O=C(O)C1CN(C(=O)O)Cc2c(nn(-c3ccccc3Cl)c2-c2ccc(Cl)cc2)C1=O. The first-order chi connectivity index (χ1) is 14.8. The topological polar surface area (TPSA) is 113 Å². The number of fused-ring (bicyclic) bond motifs is 1. The van der Waals surface area contributed by atoms with E-state index in [1.807, 2.05) is 0 Å². The number of aliphatic carboxylic acids is 1. The minimum Gasteiger partial charge on any atom is -0.481 e. The lowest BCUT2D eigenvalue weighted by atomic mass is 9.99. The summed E-state index contributed by atoms with van der Waals surface area (Å²) >= 11 is 12.4. The number of benzene rings is 2. The van der Waals surface area contributed by atoms with Crippen molar-refractivity contribution in [1.82, 2.24) is 14.7 Å². The summed E-state index contributed by atoms with van der Waals surface area (Å²) in [5.41, 5.74) is 1.72. The largest absolute Gasteiger partial charge is 0.481 e. The Morgan fingerprint density at radius 1 is 1.03 bits per heavy atom. The van der Waals surface area contributed by atoms with E-state index in [9.17, 15) is 24.6 Å². The van der Waals surface area contributed by atoms with E-state index in [0.717, 1.165) is 4.90 Å². The zero-order valence-electron chi connectivity index (χ0n) is 15.8. The molecular formula is C21H15Cl2N3O5. The van der Waals surface area contributed by atoms with Gasteiger partial charge in [-0.15, -0.1) is 0 Å². The van der Waals surface area contributed by atoms with E-state index in [2.05, 4.69) is 5.10 Å². The van der Waals surface area contributed by atoms with Crippen LogP contribution in [-0.2, 0) is 11.3 Å². The Hall–Kier alpha value is -3.36. The fraction of sp³-hybridized carbons (Fsp3) is 0.143. The van der Waals surface area contributed by atoms with Crippen molar-refractivity contribution in [3.8, 4) is 16.9 Å². The number of carboxylic acids is 1. The predicted molar refractivity (Wildman–Crippen MR) is 113 cm³/mol. The van der Waals surface area contributed by atoms with Crippen LogP contribution in [0.1, 0.15) is 16.1 Å². The predicted octanol–water partition coefficient (Wildman–Crippen LogP) is 4.22. The van der Waals surface area contributed by atoms with Gasteiger partial charge in [0.15, 0.2) is 5.78 Å². The first-order valence-electron chi connectivity index (χ1n) is 9.15. The molecule has 1 amide bonds. The van der Waals surface area contributed by atoms with E-state index in [1.54, 1.807) is 48.5 Å². The minimum atomic E-state index is -1.56. The molecule has 8 nitrogen and oxygen atoms in total. The number of rotatable bonds is 3. The number of ketones is 1. The Morgan fingerprint density at radius 2 is 1.71 bits per heavy atom. The summed E-state index contributed by atoms with van der Waals surface area (Å²) in [5, 5.41) is 24.4. The number of carbonyl (C=O) groups is 3. The fourth-order valence-electron chi connectivity index (χ4n) is 3.56. The molecule has 158 valence electrons. The molecule has 0 bridgehead atoms. The van der Waals surface area contributed by atoms with Gasteiger partial charge in [0.05, 0.1) is 22.9 Å². The molecule has 2 aromatic carbocycles. The highest BCUT2D eigenvalue weighted by molar-refractivity contribution is 6.32. The molecule has 1 aliphatic rings. The van der Waals surface area contributed by atoms with E-state index in [0.29, 0.717) is 32.6 Å². The van der Waals surface area contributed by atoms with Crippen LogP contribution in [0.15, 0.2) is 48.5 Å². The van der Waals surface area contributed by atoms with Gasteiger partial charge in [-0.25, -0.2) is 9.48 Å². The number of para-hydroxylation sites is 1. The molecule has 1 atom stereocenters. The lowest BCUT2D eigenvalue weighted by molar-refractivity contribution is -0.140. The molecule has 2 heterocycles. The summed E-state index contributed by atoms with van der Waals surface area (Å²) in [6.45, 7) is -0.672. The van der Waals surface area contributed by atoms with Crippen molar-refractivity contribution < 1.29 is 24.6 Å². The molecule has 0 saturated carbocycles. The zero-order chi connectivity index (χ0) is 22.3. The first kappa shape index (κ1) is 20.9. The highest BCUT2D eigenvalue weighted by Crippen LogP contribution is 2.35. The van der Waals surface area contributed by atoms with Crippen LogP contribution >= 0.6 is 23.2 Å². The van der Waals surface area contributed by atoms with Crippen LogP contribution in [0.3, 0.4) is 0 Å². The van der Waals surface area contributed by atoms with Crippen LogP contribution in [0.25, 0.3) is 16.9 Å². The molecule has 31 heavy (non-hydrogen) atoms. The monoisotopic (exact) mass is 459 g/mol. The Balaban J connectivity index is 2.03. The van der Waals surface area contributed by atoms with Crippen molar-refractivity contribution >= 4 is 41.0 Å². The maximum absolute atomic E-state index is 13.1. The van der Waals surface area contributed by atoms with E-state index in [4.69, 9.17) is 23.2 Å². The molecule has 0 fully saturated rings. The number of hydrogen-bond donors (Lipinski definition) is 2. The van der Waals surface area contributed by atoms with Crippen molar-refractivity contribution in [3.05, 3.63) is 69.8 Å². The van der Waals surface area contributed by atoms with Gasteiger partial charge in [-0.05, 0) is 24.3 Å². The number of nitrogens with zero attached hydrogens (tertiary/aromatic N) is 3. The number of aromatic nitrogens is 2. The Morgan fingerprint density at radius 3 is 2.32 bits per heavy atom. The summed E-state index contributed by atoms with van der Waals surface area (Å²) in [5.74, 6) is -3.73. The van der Waals surface area contributed by atoms with Crippen LogP contribution in [0.4, 0.5) is 4.79 Å². The van der Waals surface area contributed by atoms with Crippen molar-refractivity contribution in [1.29, 1.82) is 0 Å². The molecule has 2 N–H and O–H groups in total. The molecule has 0 saturated heterocycles. The van der Waals surface area contributed by atoms with Gasteiger partial charge in [-0.1, -0.05) is 47.5 Å². The summed E-state index contributed by atoms with van der Waals surface area (Å²) in [6.07, 6.45) is -1.33.